The number of nitrogen functional groups attached to an aromatic ring is 1. The molecule has 1 aromatic heterocycles. The molecule has 1 heterocycles. The van der Waals surface area contributed by atoms with E-state index in [-0.39, 0.29) is 36.5 Å². The Hall–Kier alpha value is -2.61. The largest absolute Gasteiger partial charge is 0.465 e. The van der Waals surface area contributed by atoms with Gasteiger partial charge in [-0.25, -0.2) is 4.79 Å². The fourth-order valence-corrected chi connectivity index (χ4v) is 3.39. The monoisotopic (exact) mass is 410 g/mol. The second-order valence-electron chi connectivity index (χ2n) is 5.12. The lowest BCUT2D eigenvalue weighted by molar-refractivity contribution is 0.200. The first kappa shape index (κ1) is 21.4. The number of hydrogen-bond donors (Lipinski definition) is 5. The van der Waals surface area contributed by atoms with Crippen LogP contribution >= 0.6 is 36.2 Å². The van der Waals surface area contributed by atoms with Crippen LogP contribution in [0.4, 0.5) is 4.79 Å². The van der Waals surface area contributed by atoms with Crippen molar-refractivity contribution in [2.75, 3.05) is 0 Å². The van der Waals surface area contributed by atoms with Crippen molar-refractivity contribution in [1.82, 2.24) is 5.32 Å². The molecule has 0 radical (unpaired) electrons. The summed E-state index contributed by atoms with van der Waals surface area (Å²) < 4.78 is 1.04. The highest BCUT2D eigenvalue weighted by atomic mass is 35.5. The summed E-state index contributed by atoms with van der Waals surface area (Å²) in [4.78, 5) is 11.3. The van der Waals surface area contributed by atoms with E-state index in [0.29, 0.717) is 5.56 Å². The van der Waals surface area contributed by atoms with Gasteiger partial charge in [0.25, 0.3) is 0 Å². The number of amides is 1. The Labute approximate surface area is 165 Å². The van der Waals surface area contributed by atoms with Crippen molar-refractivity contribution in [2.45, 2.75) is 0 Å². The molecule has 3 rings (SSSR count). The average molecular weight is 411 g/mol. The number of nitrogens with two attached hydrogens (primary N) is 1. The van der Waals surface area contributed by atoms with Crippen molar-refractivity contribution in [3.8, 4) is 11.1 Å². The lowest BCUT2D eigenvalue weighted by Gasteiger charge is -2.07. The molecule has 0 aliphatic heterocycles. The van der Waals surface area contributed by atoms with Gasteiger partial charge in [0, 0.05) is 15.6 Å². The summed E-state index contributed by atoms with van der Waals surface area (Å²) in [6.07, 6.45) is -1.26. The third-order valence-electron chi connectivity index (χ3n) is 3.54. The molecule has 0 aliphatic carbocycles. The highest BCUT2D eigenvalue weighted by Crippen LogP contribution is 2.34. The number of halogens is 2. The summed E-state index contributed by atoms with van der Waals surface area (Å²) in [5.74, 6) is -0.118. The highest BCUT2D eigenvalue weighted by Gasteiger charge is 2.10. The average Bonchev–Trinajstić information content (AvgIpc) is 2.99. The quantitative estimate of drug-likeness (QED) is 0.326. The number of carboxylic acid groups (broad SMARTS) is 1. The van der Waals surface area contributed by atoms with Crippen LogP contribution in [-0.2, 0) is 0 Å². The fourth-order valence-electron chi connectivity index (χ4n) is 2.44. The van der Waals surface area contributed by atoms with Crippen LogP contribution in [0.5, 0.6) is 0 Å². The minimum atomic E-state index is -1.26. The number of thiophene rings is 1. The number of fused-ring (bicyclic) bond motifs is 1. The molecule has 1 amide bonds. The van der Waals surface area contributed by atoms with E-state index in [0.717, 1.165) is 26.1 Å². The first-order valence-electron chi connectivity index (χ1n) is 7.02. The molecule has 0 bridgehead atoms. The maximum atomic E-state index is 10.6. The van der Waals surface area contributed by atoms with Crippen LogP contribution in [0.15, 0.2) is 48.5 Å². The molecule has 6 N–H and O–H groups in total. The second-order valence-corrected chi connectivity index (χ2v) is 6.21. The molecule has 6 nitrogen and oxygen atoms in total. The Balaban J connectivity index is 0.00000169. The molecule has 136 valence electrons. The molecule has 0 unspecified atom stereocenters. The molecule has 3 aromatic rings. The maximum absolute atomic E-state index is 10.6. The van der Waals surface area contributed by atoms with Crippen molar-refractivity contribution >= 4 is 64.0 Å². The number of hydrogen-bond acceptors (Lipinski definition) is 4. The standard InChI is InChI=1S/C17H14N4O2S.2ClH/c18-15(19)14-8-12-11(2-1-3-13(12)24-14)9-4-6-10(7-5-9)16(20)21-17(22)23;;/h1-8H,(H3,18,19)(H2,20,21)(H,22,23);2*1H. The molecule has 0 atom stereocenters. The molecule has 2 aromatic carbocycles. The summed E-state index contributed by atoms with van der Waals surface area (Å²) >= 11 is 1.47. The van der Waals surface area contributed by atoms with E-state index in [2.05, 4.69) is 0 Å². The van der Waals surface area contributed by atoms with Gasteiger partial charge in [-0.3, -0.25) is 16.1 Å². The van der Waals surface area contributed by atoms with Crippen LogP contribution in [0, 0.1) is 10.8 Å². The van der Waals surface area contributed by atoms with Crippen molar-refractivity contribution in [3.05, 3.63) is 59.0 Å². The van der Waals surface area contributed by atoms with E-state index in [4.69, 9.17) is 21.7 Å². The van der Waals surface area contributed by atoms with Crippen molar-refractivity contribution < 1.29 is 9.90 Å². The Morgan fingerprint density at radius 3 is 2.31 bits per heavy atom. The zero-order chi connectivity index (χ0) is 17.3. The Kier molecular flexibility index (Phi) is 7.14. The number of nitrogens with one attached hydrogen (secondary N) is 3. The minimum Gasteiger partial charge on any atom is -0.465 e. The van der Waals surface area contributed by atoms with Gasteiger partial charge >= 0.3 is 6.09 Å². The SMILES string of the molecule is Cl.Cl.N=C(NC(=O)O)c1ccc(-c2cccc3sc(C(=N)N)cc23)cc1. The van der Waals surface area contributed by atoms with E-state index < -0.39 is 6.09 Å². The molecule has 0 aliphatic rings. The highest BCUT2D eigenvalue weighted by molar-refractivity contribution is 7.20. The predicted molar refractivity (Wildman–Crippen MR) is 111 cm³/mol. The van der Waals surface area contributed by atoms with Crippen LogP contribution in [0.2, 0.25) is 0 Å². The van der Waals surface area contributed by atoms with Crippen LogP contribution in [0.3, 0.4) is 0 Å². The van der Waals surface area contributed by atoms with Gasteiger partial charge < -0.3 is 10.8 Å². The lowest BCUT2D eigenvalue weighted by atomic mass is 10.0. The summed E-state index contributed by atoms with van der Waals surface area (Å²) in [6, 6.07) is 14.9. The zero-order valence-electron chi connectivity index (χ0n) is 13.3. The smallest absolute Gasteiger partial charge is 0.410 e. The topological polar surface area (TPSA) is 123 Å². The summed E-state index contributed by atoms with van der Waals surface area (Å²) in [6.45, 7) is 0. The van der Waals surface area contributed by atoms with Gasteiger partial charge in [0.1, 0.15) is 11.7 Å². The normalized spacial score (nSPS) is 9.69. The molecular weight excluding hydrogens is 395 g/mol. The summed E-state index contributed by atoms with van der Waals surface area (Å²) in [5, 5.41) is 27.0. The van der Waals surface area contributed by atoms with E-state index in [1.165, 1.54) is 11.3 Å². The molecule has 0 fully saturated rings. The van der Waals surface area contributed by atoms with Crippen LogP contribution < -0.4 is 11.1 Å². The third-order valence-corrected chi connectivity index (χ3v) is 4.68. The van der Waals surface area contributed by atoms with Gasteiger partial charge in [-0.1, -0.05) is 36.4 Å². The predicted octanol–water partition coefficient (Wildman–Crippen LogP) is 4.29. The number of benzene rings is 2. The van der Waals surface area contributed by atoms with Crippen LogP contribution in [-0.4, -0.2) is 22.9 Å². The van der Waals surface area contributed by atoms with Gasteiger partial charge in [0.05, 0.1) is 4.88 Å². The van der Waals surface area contributed by atoms with E-state index in [9.17, 15) is 4.79 Å². The molecular formula is C17H16Cl2N4O2S. The van der Waals surface area contributed by atoms with Crippen LogP contribution in [0.1, 0.15) is 10.4 Å². The summed E-state index contributed by atoms with van der Waals surface area (Å²) in [7, 11) is 0. The third kappa shape index (κ3) is 4.32. The zero-order valence-corrected chi connectivity index (χ0v) is 15.7. The lowest BCUT2D eigenvalue weighted by Crippen LogP contribution is -2.28. The number of carbonyl (C=O) groups is 1. The van der Waals surface area contributed by atoms with Crippen molar-refractivity contribution in [1.29, 1.82) is 10.8 Å². The van der Waals surface area contributed by atoms with E-state index in [1.807, 2.05) is 41.7 Å². The van der Waals surface area contributed by atoms with E-state index in [1.54, 1.807) is 12.1 Å². The maximum Gasteiger partial charge on any atom is 0.410 e. The first-order chi connectivity index (χ1) is 11.5. The Morgan fingerprint density at radius 2 is 1.73 bits per heavy atom. The van der Waals surface area contributed by atoms with Gasteiger partial charge in [0.15, 0.2) is 0 Å². The number of rotatable bonds is 3. The van der Waals surface area contributed by atoms with Gasteiger partial charge in [-0.15, -0.1) is 36.2 Å². The fraction of sp³-hybridized carbons (Fsp3) is 0. The number of amidine groups is 2. The minimum absolute atomic E-state index is 0. The van der Waals surface area contributed by atoms with Crippen molar-refractivity contribution in [2.24, 2.45) is 5.73 Å². The van der Waals surface area contributed by atoms with Gasteiger partial charge in [0.2, 0.25) is 0 Å². The molecule has 0 saturated carbocycles. The van der Waals surface area contributed by atoms with Crippen molar-refractivity contribution in [3.63, 3.8) is 0 Å². The molecule has 26 heavy (non-hydrogen) atoms. The van der Waals surface area contributed by atoms with Crippen LogP contribution in [0.25, 0.3) is 21.2 Å². The first-order valence-corrected chi connectivity index (χ1v) is 7.83. The summed E-state index contributed by atoms with van der Waals surface area (Å²) in [5.41, 5.74) is 8.01. The Morgan fingerprint density at radius 1 is 1.08 bits per heavy atom. The molecule has 0 saturated heterocycles. The molecule has 9 heteroatoms. The Bertz CT molecular complexity index is 971. The van der Waals surface area contributed by atoms with Gasteiger partial charge in [-0.2, -0.15) is 0 Å². The second kappa shape index (κ2) is 8.66. The van der Waals surface area contributed by atoms with E-state index >= 15 is 0 Å². The van der Waals surface area contributed by atoms with Gasteiger partial charge in [-0.05, 0) is 23.3 Å². The molecule has 0 spiro atoms.